The number of carbonyl (C=O) groups is 2. The van der Waals surface area contributed by atoms with Crippen LogP contribution in [-0.4, -0.2) is 45.7 Å². The van der Waals surface area contributed by atoms with Crippen LogP contribution in [0, 0.1) is 0 Å². The first-order valence-electron chi connectivity index (χ1n) is 7.73. The van der Waals surface area contributed by atoms with Crippen molar-refractivity contribution in [2.75, 3.05) is 19.7 Å². The number of amides is 1. The molecule has 2 rings (SSSR count). The number of nitrogens with zero attached hydrogens (tertiary/aromatic N) is 2. The van der Waals surface area contributed by atoms with E-state index in [9.17, 15) is 9.59 Å². The van der Waals surface area contributed by atoms with E-state index in [1.54, 1.807) is 17.9 Å². The minimum absolute atomic E-state index is 0.0642. The summed E-state index contributed by atoms with van der Waals surface area (Å²) in [4.78, 5) is 29.1. The minimum atomic E-state index is -0.306. The molecule has 2 heterocycles. The van der Waals surface area contributed by atoms with Crippen molar-refractivity contribution in [3.63, 3.8) is 0 Å². The predicted molar refractivity (Wildman–Crippen MR) is 103 cm³/mol. The van der Waals surface area contributed by atoms with Crippen LogP contribution in [0.3, 0.4) is 0 Å². The number of thioether (sulfide) groups is 2. The number of rotatable bonds is 5. The summed E-state index contributed by atoms with van der Waals surface area (Å²) in [5.41, 5.74) is 0.877. The molecule has 5 nitrogen and oxygen atoms in total. The molecule has 0 N–H and O–H groups in total. The third-order valence-corrected chi connectivity index (χ3v) is 6.18. The fourth-order valence-corrected chi connectivity index (χ4v) is 4.81. The van der Waals surface area contributed by atoms with E-state index in [0.29, 0.717) is 27.3 Å². The van der Waals surface area contributed by atoms with Crippen LogP contribution in [0.4, 0.5) is 0 Å². The zero-order chi connectivity index (χ0) is 17.9. The Bertz CT molecular complexity index is 667. The average Bonchev–Trinajstić information content (AvgIpc) is 3.01. The Hall–Kier alpha value is -1.25. The molecule has 2 aliphatic heterocycles. The quantitative estimate of drug-likeness (QED) is 0.409. The van der Waals surface area contributed by atoms with E-state index in [4.69, 9.17) is 17.0 Å². The first-order valence-corrected chi connectivity index (χ1v) is 9.77. The molecular formula is C16H20N2O3S3. The molecule has 0 spiro atoms. The lowest BCUT2D eigenvalue weighted by molar-refractivity contribution is -0.137. The van der Waals surface area contributed by atoms with Gasteiger partial charge in [0, 0.05) is 18.8 Å². The molecule has 0 atom stereocenters. The number of esters is 1. The van der Waals surface area contributed by atoms with Gasteiger partial charge in [-0.2, -0.15) is 0 Å². The molecule has 0 saturated carbocycles. The van der Waals surface area contributed by atoms with Gasteiger partial charge < -0.3 is 9.64 Å². The van der Waals surface area contributed by atoms with Gasteiger partial charge in [0.1, 0.15) is 9.23 Å². The van der Waals surface area contributed by atoms with Gasteiger partial charge in [-0.1, -0.05) is 35.7 Å². The molecule has 1 saturated heterocycles. The van der Waals surface area contributed by atoms with Gasteiger partial charge in [0.15, 0.2) is 0 Å². The second-order valence-electron chi connectivity index (χ2n) is 4.93. The maximum absolute atomic E-state index is 12.2. The molecule has 0 radical (unpaired) electrons. The third-order valence-electron chi connectivity index (χ3n) is 3.55. The molecule has 1 fully saturated rings. The van der Waals surface area contributed by atoms with Crippen LogP contribution in [0.5, 0.6) is 0 Å². The lowest BCUT2D eigenvalue weighted by atomic mass is 10.3. The summed E-state index contributed by atoms with van der Waals surface area (Å²) < 4.78 is 5.69. The Morgan fingerprint density at radius 2 is 1.83 bits per heavy atom. The van der Waals surface area contributed by atoms with Gasteiger partial charge in [0.25, 0.3) is 5.91 Å². The largest absolute Gasteiger partial charge is 0.462 e. The molecule has 0 aliphatic carbocycles. The van der Waals surface area contributed by atoms with Crippen molar-refractivity contribution in [2.24, 2.45) is 0 Å². The lowest BCUT2D eigenvalue weighted by Crippen LogP contribution is -2.27. The van der Waals surface area contributed by atoms with Crippen LogP contribution in [0.15, 0.2) is 32.7 Å². The fourth-order valence-electron chi connectivity index (χ4n) is 2.36. The van der Waals surface area contributed by atoms with Gasteiger partial charge in [0.2, 0.25) is 0 Å². The zero-order valence-corrected chi connectivity index (χ0v) is 16.6. The number of ether oxygens (including phenoxy) is 1. The van der Waals surface area contributed by atoms with E-state index in [2.05, 4.69) is 0 Å². The average molecular weight is 385 g/mol. The Morgan fingerprint density at radius 3 is 2.38 bits per heavy atom. The topological polar surface area (TPSA) is 49.9 Å². The Kier molecular flexibility index (Phi) is 6.54. The van der Waals surface area contributed by atoms with Crippen LogP contribution in [0.25, 0.3) is 0 Å². The van der Waals surface area contributed by atoms with E-state index in [-0.39, 0.29) is 11.9 Å². The van der Waals surface area contributed by atoms with Crippen LogP contribution >= 0.6 is 35.7 Å². The molecule has 2 aliphatic rings. The van der Waals surface area contributed by atoms with Crippen LogP contribution < -0.4 is 0 Å². The van der Waals surface area contributed by atoms with Gasteiger partial charge in [-0.05, 0) is 39.8 Å². The Morgan fingerprint density at radius 1 is 1.17 bits per heavy atom. The standard InChI is InChI=1S/C16H20N2O3S3/c1-5-17-10(4)13(15(20)21-7-3)24-12(17)9-8-11-14(19)18(6-2)16(22)23-11/h8-9H,5-7H2,1-4H3. The molecular weight excluding hydrogens is 364 g/mol. The molecule has 130 valence electrons. The highest BCUT2D eigenvalue weighted by molar-refractivity contribution is 8.26. The zero-order valence-electron chi connectivity index (χ0n) is 14.1. The summed E-state index contributed by atoms with van der Waals surface area (Å²) in [6.45, 7) is 9.26. The second kappa shape index (κ2) is 8.22. The number of carbonyl (C=O) groups excluding carboxylic acids is 2. The molecule has 0 aromatic carbocycles. The van der Waals surface area contributed by atoms with Crippen molar-refractivity contribution in [3.8, 4) is 0 Å². The van der Waals surface area contributed by atoms with Gasteiger partial charge in [0.05, 0.1) is 16.5 Å². The van der Waals surface area contributed by atoms with E-state index in [0.717, 1.165) is 17.3 Å². The summed E-state index contributed by atoms with van der Waals surface area (Å²) >= 11 is 7.89. The third kappa shape index (κ3) is 3.70. The van der Waals surface area contributed by atoms with Gasteiger partial charge >= 0.3 is 5.97 Å². The summed E-state index contributed by atoms with van der Waals surface area (Å²) in [5, 5.41) is 0.903. The van der Waals surface area contributed by atoms with Crippen LogP contribution in [-0.2, 0) is 14.3 Å². The first-order chi connectivity index (χ1) is 11.4. The molecule has 8 heteroatoms. The van der Waals surface area contributed by atoms with E-state index in [1.807, 2.05) is 31.7 Å². The summed E-state index contributed by atoms with van der Waals surface area (Å²) in [6.07, 6.45) is 3.65. The Balaban J connectivity index is 2.22. The molecule has 1 amide bonds. The highest BCUT2D eigenvalue weighted by Gasteiger charge is 2.32. The monoisotopic (exact) mass is 384 g/mol. The first kappa shape index (κ1) is 19.1. The van der Waals surface area contributed by atoms with Crippen molar-refractivity contribution in [1.29, 1.82) is 0 Å². The SMILES string of the molecule is CCOC(=O)C1=C(C)N(CC)C(=CC=C2SC(=S)N(CC)C2=O)S1. The summed E-state index contributed by atoms with van der Waals surface area (Å²) in [5.74, 6) is -0.371. The number of hydrogen-bond acceptors (Lipinski definition) is 7. The summed E-state index contributed by atoms with van der Waals surface area (Å²) in [6, 6.07) is 0. The van der Waals surface area contributed by atoms with Gasteiger partial charge in [-0.15, -0.1) is 0 Å². The molecule has 24 heavy (non-hydrogen) atoms. The normalized spacial score (nSPS) is 21.7. The number of likely N-dealkylation sites (N-methyl/N-ethyl adjacent to an activating group) is 1. The number of thiocarbonyl (C=S) groups is 1. The van der Waals surface area contributed by atoms with Crippen LogP contribution in [0.1, 0.15) is 27.7 Å². The van der Waals surface area contributed by atoms with E-state index in [1.165, 1.54) is 23.5 Å². The van der Waals surface area contributed by atoms with E-state index >= 15 is 0 Å². The summed E-state index contributed by atoms with van der Waals surface area (Å²) in [7, 11) is 0. The van der Waals surface area contributed by atoms with Crippen molar-refractivity contribution in [2.45, 2.75) is 27.7 Å². The number of allylic oxidation sites excluding steroid dienone is 3. The highest BCUT2D eigenvalue weighted by atomic mass is 32.2. The van der Waals surface area contributed by atoms with Crippen molar-refractivity contribution < 1.29 is 14.3 Å². The maximum Gasteiger partial charge on any atom is 0.346 e. The van der Waals surface area contributed by atoms with Crippen molar-refractivity contribution >= 4 is 51.9 Å². The van der Waals surface area contributed by atoms with Crippen LogP contribution in [0.2, 0.25) is 0 Å². The van der Waals surface area contributed by atoms with Gasteiger partial charge in [-0.3, -0.25) is 9.69 Å². The molecule has 0 bridgehead atoms. The highest BCUT2D eigenvalue weighted by Crippen LogP contribution is 2.42. The minimum Gasteiger partial charge on any atom is -0.462 e. The lowest BCUT2D eigenvalue weighted by Gasteiger charge is -2.18. The van der Waals surface area contributed by atoms with Crippen molar-refractivity contribution in [3.05, 3.63) is 32.7 Å². The molecule has 0 aromatic rings. The van der Waals surface area contributed by atoms with Crippen molar-refractivity contribution in [1.82, 2.24) is 9.80 Å². The maximum atomic E-state index is 12.2. The molecule has 0 aromatic heterocycles. The second-order valence-corrected chi connectivity index (χ2v) is 7.64. The number of hydrogen-bond donors (Lipinski definition) is 0. The Labute approximate surface area is 156 Å². The fraction of sp³-hybridized carbons (Fsp3) is 0.438. The predicted octanol–water partition coefficient (Wildman–Crippen LogP) is 3.46. The smallest absolute Gasteiger partial charge is 0.346 e. The molecule has 0 unspecified atom stereocenters. The van der Waals surface area contributed by atoms with Gasteiger partial charge in [-0.25, -0.2) is 4.79 Å². The van der Waals surface area contributed by atoms with E-state index < -0.39 is 0 Å².